The molecular formula is C23H21FN2OS. The minimum absolute atomic E-state index is 0.00675. The molecule has 0 unspecified atom stereocenters. The lowest BCUT2D eigenvalue weighted by Crippen LogP contribution is -2.24. The van der Waals surface area contributed by atoms with Gasteiger partial charge in [-0.25, -0.2) is 9.37 Å². The van der Waals surface area contributed by atoms with Crippen LogP contribution in [0.2, 0.25) is 0 Å². The number of aryl methyl sites for hydroxylation is 3. The fourth-order valence-electron chi connectivity index (χ4n) is 3.36. The van der Waals surface area contributed by atoms with Gasteiger partial charge in [-0.15, -0.1) is 11.3 Å². The smallest absolute Gasteiger partial charge is 0.263 e. The zero-order valence-corrected chi connectivity index (χ0v) is 16.9. The molecule has 0 aliphatic carbocycles. The largest absolute Gasteiger partial charge is 0.289 e. The first-order chi connectivity index (χ1) is 13.5. The zero-order valence-electron chi connectivity index (χ0n) is 16.1. The Balaban J connectivity index is 1.98. The summed E-state index contributed by atoms with van der Waals surface area (Å²) in [6.45, 7) is 5.50. The minimum atomic E-state index is -0.616. The second-order valence-corrected chi connectivity index (χ2v) is 7.93. The van der Waals surface area contributed by atoms with E-state index in [2.05, 4.69) is 26.0 Å². The number of nitrogens with zero attached hydrogens (tertiary/aromatic N) is 2. The number of benzene rings is 2. The van der Waals surface area contributed by atoms with Gasteiger partial charge in [0.1, 0.15) is 17.3 Å². The number of hydrogen-bond acceptors (Lipinski definition) is 3. The van der Waals surface area contributed by atoms with Crippen LogP contribution in [0.15, 0.2) is 52.6 Å². The second-order valence-electron chi connectivity index (χ2n) is 7.08. The van der Waals surface area contributed by atoms with E-state index < -0.39 is 6.67 Å². The topological polar surface area (TPSA) is 34.9 Å². The van der Waals surface area contributed by atoms with Crippen molar-refractivity contribution in [2.75, 3.05) is 6.67 Å². The van der Waals surface area contributed by atoms with Crippen molar-refractivity contribution in [3.63, 3.8) is 0 Å². The summed E-state index contributed by atoms with van der Waals surface area (Å²) in [5, 5.41) is 2.54. The molecule has 0 aliphatic rings. The lowest BCUT2D eigenvalue weighted by atomic mass is 10.0. The van der Waals surface area contributed by atoms with Crippen molar-refractivity contribution in [2.45, 2.75) is 27.3 Å². The van der Waals surface area contributed by atoms with Crippen LogP contribution >= 0.6 is 11.3 Å². The van der Waals surface area contributed by atoms with E-state index in [1.165, 1.54) is 27.0 Å². The Morgan fingerprint density at radius 2 is 1.71 bits per heavy atom. The molecule has 0 amide bonds. The molecule has 0 bridgehead atoms. The molecule has 2 heterocycles. The van der Waals surface area contributed by atoms with Gasteiger partial charge >= 0.3 is 0 Å². The van der Waals surface area contributed by atoms with Gasteiger partial charge in [-0.2, -0.15) is 0 Å². The summed E-state index contributed by atoms with van der Waals surface area (Å²) in [4.78, 5) is 18.8. The van der Waals surface area contributed by atoms with Crippen molar-refractivity contribution in [3.05, 3.63) is 74.9 Å². The van der Waals surface area contributed by atoms with E-state index in [9.17, 15) is 9.18 Å². The van der Waals surface area contributed by atoms with Gasteiger partial charge in [0.15, 0.2) is 0 Å². The van der Waals surface area contributed by atoms with Crippen LogP contribution in [0.1, 0.15) is 16.7 Å². The summed E-state index contributed by atoms with van der Waals surface area (Å²) >= 11 is 1.45. The summed E-state index contributed by atoms with van der Waals surface area (Å²) in [5.41, 5.74) is 5.99. The van der Waals surface area contributed by atoms with E-state index in [0.29, 0.717) is 16.0 Å². The third kappa shape index (κ3) is 3.16. The zero-order chi connectivity index (χ0) is 19.8. The van der Waals surface area contributed by atoms with Crippen molar-refractivity contribution < 1.29 is 4.39 Å². The molecule has 2 aromatic heterocycles. The quantitative estimate of drug-likeness (QED) is 0.447. The number of aromatic nitrogens is 2. The van der Waals surface area contributed by atoms with Crippen LogP contribution in [0.5, 0.6) is 0 Å². The maximum Gasteiger partial charge on any atom is 0.263 e. The van der Waals surface area contributed by atoms with Gasteiger partial charge in [0.05, 0.1) is 11.9 Å². The number of alkyl halides is 1. The van der Waals surface area contributed by atoms with Crippen LogP contribution < -0.4 is 5.56 Å². The van der Waals surface area contributed by atoms with Crippen LogP contribution in [-0.2, 0) is 6.54 Å². The fraction of sp³-hybridized carbons (Fsp3) is 0.217. The number of fused-ring (bicyclic) bond motifs is 1. The molecule has 0 atom stereocenters. The van der Waals surface area contributed by atoms with Crippen molar-refractivity contribution in [3.8, 4) is 22.5 Å². The van der Waals surface area contributed by atoms with E-state index in [-0.39, 0.29) is 12.1 Å². The van der Waals surface area contributed by atoms with Gasteiger partial charge in [0.2, 0.25) is 0 Å². The van der Waals surface area contributed by atoms with E-state index in [1.54, 1.807) is 0 Å². The number of thiophene rings is 1. The van der Waals surface area contributed by atoms with Crippen molar-refractivity contribution in [1.29, 1.82) is 0 Å². The molecule has 4 aromatic rings. The molecule has 0 spiro atoms. The maximum absolute atomic E-state index is 13.3. The Hall–Kier alpha value is -2.79. The molecule has 0 aliphatic heterocycles. The number of halogens is 1. The van der Waals surface area contributed by atoms with Gasteiger partial charge in [-0.05, 0) is 37.5 Å². The van der Waals surface area contributed by atoms with Gasteiger partial charge < -0.3 is 0 Å². The third-order valence-electron chi connectivity index (χ3n) is 5.13. The summed E-state index contributed by atoms with van der Waals surface area (Å²) in [7, 11) is 0. The minimum Gasteiger partial charge on any atom is -0.289 e. The fourth-order valence-corrected chi connectivity index (χ4v) is 4.30. The standard InChI is InChI=1S/C23H21FN2OS/c1-14-4-7-17(8-5-14)21-25-22-20(23(27)26(21)11-10-24)19(13-28-22)18-9-6-15(2)16(3)12-18/h4-9,12-13H,10-11H2,1-3H3. The molecule has 0 saturated heterocycles. The molecular weight excluding hydrogens is 371 g/mol. The van der Waals surface area contributed by atoms with Gasteiger partial charge in [0.25, 0.3) is 5.56 Å². The maximum atomic E-state index is 13.3. The van der Waals surface area contributed by atoms with E-state index in [4.69, 9.17) is 4.98 Å². The van der Waals surface area contributed by atoms with Gasteiger partial charge in [-0.1, -0.05) is 48.0 Å². The summed E-state index contributed by atoms with van der Waals surface area (Å²) in [5.74, 6) is 0.517. The average Bonchev–Trinajstić information content (AvgIpc) is 3.11. The predicted molar refractivity (Wildman–Crippen MR) is 115 cm³/mol. The van der Waals surface area contributed by atoms with E-state index in [0.717, 1.165) is 22.3 Å². The lowest BCUT2D eigenvalue weighted by molar-refractivity contribution is 0.441. The molecule has 4 rings (SSSR count). The molecule has 0 saturated carbocycles. The summed E-state index contributed by atoms with van der Waals surface area (Å²) in [6, 6.07) is 14.0. The monoisotopic (exact) mass is 392 g/mol. The van der Waals surface area contributed by atoms with E-state index >= 15 is 0 Å². The Morgan fingerprint density at radius 1 is 1.00 bits per heavy atom. The first-order valence-electron chi connectivity index (χ1n) is 9.22. The number of rotatable bonds is 4. The Kier molecular flexibility index (Phi) is 4.85. The highest BCUT2D eigenvalue weighted by molar-refractivity contribution is 7.17. The molecule has 2 aromatic carbocycles. The van der Waals surface area contributed by atoms with Crippen molar-refractivity contribution in [1.82, 2.24) is 9.55 Å². The third-order valence-corrected chi connectivity index (χ3v) is 6.00. The Morgan fingerprint density at radius 3 is 2.39 bits per heavy atom. The average molecular weight is 392 g/mol. The van der Waals surface area contributed by atoms with Gasteiger partial charge in [-0.3, -0.25) is 9.36 Å². The highest BCUT2D eigenvalue weighted by Gasteiger charge is 2.18. The predicted octanol–water partition coefficient (Wildman–Crippen LogP) is 5.69. The Labute approximate surface area is 167 Å². The van der Waals surface area contributed by atoms with Crippen LogP contribution in [0.25, 0.3) is 32.7 Å². The summed E-state index contributed by atoms with van der Waals surface area (Å²) < 4.78 is 14.7. The van der Waals surface area contributed by atoms with Crippen molar-refractivity contribution >= 4 is 21.6 Å². The first-order valence-corrected chi connectivity index (χ1v) is 10.1. The molecule has 142 valence electrons. The van der Waals surface area contributed by atoms with Crippen LogP contribution in [0.4, 0.5) is 4.39 Å². The first kappa shape index (κ1) is 18.6. The summed E-state index contributed by atoms with van der Waals surface area (Å²) in [6.07, 6.45) is 0. The van der Waals surface area contributed by atoms with Crippen LogP contribution in [-0.4, -0.2) is 16.2 Å². The molecule has 28 heavy (non-hydrogen) atoms. The SMILES string of the molecule is Cc1ccc(-c2nc3scc(-c4ccc(C)c(C)c4)c3c(=O)n2CCF)cc1. The Bertz CT molecular complexity index is 1220. The second kappa shape index (κ2) is 7.32. The van der Waals surface area contributed by atoms with E-state index in [1.807, 2.05) is 42.6 Å². The van der Waals surface area contributed by atoms with Crippen LogP contribution in [0, 0.1) is 20.8 Å². The highest BCUT2D eigenvalue weighted by atomic mass is 32.1. The van der Waals surface area contributed by atoms with Gasteiger partial charge in [0, 0.05) is 16.5 Å². The normalized spacial score (nSPS) is 11.3. The number of hydrogen-bond donors (Lipinski definition) is 0. The molecule has 0 radical (unpaired) electrons. The van der Waals surface area contributed by atoms with Crippen molar-refractivity contribution in [2.24, 2.45) is 0 Å². The molecule has 5 heteroatoms. The van der Waals surface area contributed by atoms with Crippen LogP contribution in [0.3, 0.4) is 0 Å². The highest BCUT2D eigenvalue weighted by Crippen LogP contribution is 2.33. The molecule has 0 N–H and O–H groups in total. The lowest BCUT2D eigenvalue weighted by Gasteiger charge is -2.12. The molecule has 3 nitrogen and oxygen atoms in total. The molecule has 0 fully saturated rings.